The van der Waals surface area contributed by atoms with Crippen molar-refractivity contribution >= 4 is 49.5 Å². The van der Waals surface area contributed by atoms with Gasteiger partial charge in [-0.05, 0) is 68.5 Å². The van der Waals surface area contributed by atoms with Crippen LogP contribution in [0.25, 0.3) is 0 Å². The normalized spacial score (nSPS) is 15.3. The first-order valence-electron chi connectivity index (χ1n) is 10.6. The SMILES string of the molecule is Cc1cc(C)c(Cc2csc(N3CCC(S(=O)(=O)c4ccc(Cl)cc4Cl)CC3)n2)c(C)c1. The lowest BCUT2D eigenvalue weighted by atomic mass is 9.96. The van der Waals surface area contributed by atoms with E-state index in [2.05, 4.69) is 43.2 Å². The number of piperidine rings is 1. The second-order valence-electron chi connectivity index (χ2n) is 8.48. The van der Waals surface area contributed by atoms with E-state index in [-0.39, 0.29) is 9.92 Å². The molecule has 1 fully saturated rings. The van der Waals surface area contributed by atoms with Gasteiger partial charge in [0.25, 0.3) is 0 Å². The molecule has 0 spiro atoms. The minimum absolute atomic E-state index is 0.169. The predicted molar refractivity (Wildman–Crippen MR) is 134 cm³/mol. The Balaban J connectivity index is 1.44. The van der Waals surface area contributed by atoms with E-state index in [1.807, 2.05) is 0 Å². The Morgan fingerprint density at radius 3 is 2.34 bits per heavy atom. The van der Waals surface area contributed by atoms with Crippen molar-refractivity contribution in [2.24, 2.45) is 0 Å². The van der Waals surface area contributed by atoms with E-state index in [0.717, 1.165) is 17.2 Å². The molecular weight excluding hydrogens is 483 g/mol. The molecular formula is C24H26Cl2N2O2S2. The van der Waals surface area contributed by atoms with Gasteiger partial charge in [0, 0.05) is 29.9 Å². The van der Waals surface area contributed by atoms with E-state index in [4.69, 9.17) is 28.2 Å². The predicted octanol–water partition coefficient (Wildman–Crippen LogP) is 6.41. The molecule has 1 saturated heterocycles. The average molecular weight is 510 g/mol. The second-order valence-corrected chi connectivity index (χ2v) is 12.4. The van der Waals surface area contributed by atoms with Crippen LogP contribution < -0.4 is 4.90 Å². The van der Waals surface area contributed by atoms with Crippen LogP contribution in [-0.2, 0) is 16.3 Å². The van der Waals surface area contributed by atoms with Crippen molar-refractivity contribution in [1.82, 2.24) is 4.98 Å². The van der Waals surface area contributed by atoms with Crippen molar-refractivity contribution in [3.63, 3.8) is 0 Å². The summed E-state index contributed by atoms with van der Waals surface area (Å²) in [5, 5.41) is 3.24. The van der Waals surface area contributed by atoms with Crippen LogP contribution in [0.1, 0.15) is 40.8 Å². The molecule has 170 valence electrons. The van der Waals surface area contributed by atoms with E-state index in [9.17, 15) is 8.42 Å². The summed E-state index contributed by atoms with van der Waals surface area (Å²) in [5.41, 5.74) is 6.26. The molecule has 0 atom stereocenters. The molecule has 0 N–H and O–H groups in total. The monoisotopic (exact) mass is 508 g/mol. The first kappa shape index (κ1) is 23.6. The molecule has 2 heterocycles. The Kier molecular flexibility index (Phi) is 6.87. The standard InChI is InChI=1S/C24H26Cl2N2O2S2/c1-15-10-16(2)21(17(3)11-15)13-19-14-31-24(27-19)28-8-6-20(7-9-28)32(29,30)23-5-4-18(25)12-22(23)26/h4-5,10-12,14,20H,6-9,13H2,1-3H3. The molecule has 3 aromatic rings. The van der Waals surface area contributed by atoms with Gasteiger partial charge in [-0.15, -0.1) is 11.3 Å². The number of sulfone groups is 1. The van der Waals surface area contributed by atoms with Crippen molar-refractivity contribution in [1.29, 1.82) is 0 Å². The number of anilines is 1. The number of aryl methyl sites for hydroxylation is 3. The molecule has 0 radical (unpaired) electrons. The average Bonchev–Trinajstić information content (AvgIpc) is 3.19. The number of halogens is 2. The molecule has 4 nitrogen and oxygen atoms in total. The van der Waals surface area contributed by atoms with Gasteiger partial charge in [-0.25, -0.2) is 13.4 Å². The summed E-state index contributed by atoms with van der Waals surface area (Å²) in [6.07, 6.45) is 1.91. The molecule has 0 saturated carbocycles. The Hall–Kier alpha value is -1.60. The van der Waals surface area contributed by atoms with Crippen molar-refractivity contribution in [3.8, 4) is 0 Å². The molecule has 1 aliphatic heterocycles. The fourth-order valence-electron chi connectivity index (χ4n) is 4.44. The highest BCUT2D eigenvalue weighted by atomic mass is 35.5. The number of aromatic nitrogens is 1. The lowest BCUT2D eigenvalue weighted by molar-refractivity contribution is 0.529. The van der Waals surface area contributed by atoms with Crippen LogP contribution in [0, 0.1) is 20.8 Å². The fraction of sp³-hybridized carbons (Fsp3) is 0.375. The highest BCUT2D eigenvalue weighted by Crippen LogP contribution is 2.33. The molecule has 0 amide bonds. The number of thiazole rings is 1. The van der Waals surface area contributed by atoms with Crippen molar-refractivity contribution in [2.45, 2.75) is 50.2 Å². The van der Waals surface area contributed by atoms with Crippen LogP contribution in [0.2, 0.25) is 10.0 Å². The Labute approximate surface area is 204 Å². The van der Waals surface area contributed by atoms with E-state index in [1.54, 1.807) is 17.4 Å². The van der Waals surface area contributed by atoms with Gasteiger partial charge in [0.05, 0.1) is 20.9 Å². The third kappa shape index (κ3) is 4.84. The smallest absolute Gasteiger partial charge is 0.185 e. The van der Waals surface area contributed by atoms with Gasteiger partial charge in [0.15, 0.2) is 15.0 Å². The van der Waals surface area contributed by atoms with Crippen LogP contribution in [0.5, 0.6) is 0 Å². The molecule has 0 aliphatic carbocycles. The highest BCUT2D eigenvalue weighted by molar-refractivity contribution is 7.92. The summed E-state index contributed by atoms with van der Waals surface area (Å²) in [4.78, 5) is 7.22. The van der Waals surface area contributed by atoms with E-state index in [0.29, 0.717) is 31.0 Å². The van der Waals surface area contributed by atoms with Gasteiger partial charge in [-0.2, -0.15) is 0 Å². The summed E-state index contributed by atoms with van der Waals surface area (Å²) in [6.45, 7) is 7.74. The Bertz CT molecular complexity index is 1220. The topological polar surface area (TPSA) is 50.3 Å². The minimum Gasteiger partial charge on any atom is -0.348 e. The van der Waals surface area contributed by atoms with Gasteiger partial charge in [-0.3, -0.25) is 0 Å². The third-order valence-corrected chi connectivity index (χ3v) is 10.0. The first-order valence-corrected chi connectivity index (χ1v) is 13.8. The molecule has 0 unspecified atom stereocenters. The first-order chi connectivity index (χ1) is 15.1. The number of nitrogens with zero attached hydrogens (tertiary/aromatic N) is 2. The highest BCUT2D eigenvalue weighted by Gasteiger charge is 2.33. The molecule has 0 bridgehead atoms. The molecule has 1 aliphatic rings. The Morgan fingerprint density at radius 2 is 1.72 bits per heavy atom. The van der Waals surface area contributed by atoms with Gasteiger partial charge in [0.2, 0.25) is 0 Å². The maximum atomic E-state index is 13.1. The molecule has 2 aromatic carbocycles. The summed E-state index contributed by atoms with van der Waals surface area (Å²) in [6, 6.07) is 9.00. The maximum absolute atomic E-state index is 13.1. The number of benzene rings is 2. The van der Waals surface area contributed by atoms with Crippen LogP contribution in [0.3, 0.4) is 0 Å². The zero-order valence-corrected chi connectivity index (χ0v) is 21.5. The zero-order valence-electron chi connectivity index (χ0n) is 18.4. The van der Waals surface area contributed by atoms with Gasteiger partial charge in [-0.1, -0.05) is 40.9 Å². The van der Waals surface area contributed by atoms with Crippen LogP contribution >= 0.6 is 34.5 Å². The fourth-order valence-corrected chi connectivity index (χ4v) is 7.82. The zero-order chi connectivity index (χ0) is 23.0. The molecule has 32 heavy (non-hydrogen) atoms. The van der Waals surface area contributed by atoms with Gasteiger partial charge in [0.1, 0.15) is 0 Å². The second kappa shape index (κ2) is 9.34. The van der Waals surface area contributed by atoms with Crippen molar-refractivity contribution in [3.05, 3.63) is 73.7 Å². The number of hydrogen-bond acceptors (Lipinski definition) is 5. The molecule has 8 heteroatoms. The lowest BCUT2D eigenvalue weighted by Crippen LogP contribution is -2.39. The molecule has 1 aromatic heterocycles. The van der Waals surface area contributed by atoms with Crippen LogP contribution in [0.15, 0.2) is 40.6 Å². The van der Waals surface area contributed by atoms with Gasteiger partial charge < -0.3 is 4.90 Å². The summed E-state index contributed by atoms with van der Waals surface area (Å²) >= 11 is 13.7. The lowest BCUT2D eigenvalue weighted by Gasteiger charge is -2.31. The van der Waals surface area contributed by atoms with Crippen molar-refractivity contribution in [2.75, 3.05) is 18.0 Å². The van der Waals surface area contributed by atoms with E-state index < -0.39 is 15.1 Å². The molecule has 4 rings (SSSR count). The number of hydrogen-bond donors (Lipinski definition) is 0. The van der Waals surface area contributed by atoms with Crippen LogP contribution in [0.4, 0.5) is 5.13 Å². The largest absolute Gasteiger partial charge is 0.348 e. The van der Waals surface area contributed by atoms with Gasteiger partial charge >= 0.3 is 0 Å². The van der Waals surface area contributed by atoms with Crippen LogP contribution in [-0.4, -0.2) is 31.7 Å². The maximum Gasteiger partial charge on any atom is 0.185 e. The summed E-state index contributed by atoms with van der Waals surface area (Å²) in [7, 11) is -3.50. The number of rotatable bonds is 5. The quantitative estimate of drug-likeness (QED) is 0.399. The third-order valence-electron chi connectivity index (χ3n) is 6.09. The minimum atomic E-state index is -3.50. The van der Waals surface area contributed by atoms with E-state index in [1.165, 1.54) is 34.4 Å². The summed E-state index contributed by atoms with van der Waals surface area (Å²) in [5.74, 6) is 0. The summed E-state index contributed by atoms with van der Waals surface area (Å²) < 4.78 is 26.2. The van der Waals surface area contributed by atoms with Crippen molar-refractivity contribution < 1.29 is 8.42 Å². The van der Waals surface area contributed by atoms with E-state index >= 15 is 0 Å². The Morgan fingerprint density at radius 1 is 1.06 bits per heavy atom.